The van der Waals surface area contributed by atoms with Gasteiger partial charge in [0, 0.05) is 18.8 Å². The summed E-state index contributed by atoms with van der Waals surface area (Å²) < 4.78 is 0. The van der Waals surface area contributed by atoms with Crippen LogP contribution in [0, 0.1) is 12.8 Å². The Kier molecular flexibility index (Phi) is 8.00. The molecule has 0 atom stereocenters. The summed E-state index contributed by atoms with van der Waals surface area (Å²) in [7, 11) is 1.82. The summed E-state index contributed by atoms with van der Waals surface area (Å²) in [5, 5.41) is 6.87. The predicted octanol–water partition coefficient (Wildman–Crippen LogP) is 3.25. The minimum atomic E-state index is 0. The van der Waals surface area contributed by atoms with Crippen LogP contribution in [0.4, 0.5) is 0 Å². The van der Waals surface area contributed by atoms with Crippen LogP contribution < -0.4 is 10.6 Å². The lowest BCUT2D eigenvalue weighted by molar-refractivity contribution is 0.329. The molecule has 4 nitrogen and oxygen atoms in total. The van der Waals surface area contributed by atoms with E-state index in [0.717, 1.165) is 23.3 Å². The first kappa shape index (κ1) is 18.2. The zero-order valence-electron chi connectivity index (χ0n) is 13.2. The molecule has 118 valence electrons. The third-order valence-corrected chi connectivity index (χ3v) is 3.96. The number of guanidine groups is 1. The summed E-state index contributed by atoms with van der Waals surface area (Å²) in [6, 6.07) is 6.65. The van der Waals surface area contributed by atoms with Crippen LogP contribution in [0.3, 0.4) is 0 Å². The minimum Gasteiger partial charge on any atom is -0.354 e. The Bertz CT molecular complexity index is 453. The average Bonchev–Trinajstić information content (AvgIpc) is 2.45. The number of halogens is 1. The van der Waals surface area contributed by atoms with Crippen LogP contribution >= 0.6 is 24.0 Å². The topological polar surface area (TPSA) is 49.3 Å². The van der Waals surface area contributed by atoms with Gasteiger partial charge in [0.05, 0.1) is 12.2 Å². The Labute approximate surface area is 145 Å². The van der Waals surface area contributed by atoms with E-state index in [0.29, 0.717) is 12.6 Å². The molecule has 0 aliphatic heterocycles. The maximum Gasteiger partial charge on any atom is 0.191 e. The van der Waals surface area contributed by atoms with Crippen molar-refractivity contribution in [1.82, 2.24) is 15.6 Å². The first-order valence-corrected chi connectivity index (χ1v) is 7.57. The zero-order valence-corrected chi connectivity index (χ0v) is 15.6. The standard InChI is InChI=1S/C16H26N4.HI/c1-12-7-9-14(10-8-12)20-16(17-3)18-11-15-6-4-5-13(2)19-15;/h4-6,12,14H,7-11H2,1-3H3,(H2,17,18,20);1H. The quantitative estimate of drug-likeness (QED) is 0.464. The summed E-state index contributed by atoms with van der Waals surface area (Å²) in [5.74, 6) is 1.76. The summed E-state index contributed by atoms with van der Waals surface area (Å²) >= 11 is 0. The Morgan fingerprint density at radius 1 is 1.29 bits per heavy atom. The SMILES string of the molecule is CN=C(NCc1cccc(C)n1)NC1CCC(C)CC1.I. The van der Waals surface area contributed by atoms with E-state index in [9.17, 15) is 0 Å². The number of nitrogens with zero attached hydrogens (tertiary/aromatic N) is 2. The number of hydrogen-bond donors (Lipinski definition) is 2. The highest BCUT2D eigenvalue weighted by Gasteiger charge is 2.18. The monoisotopic (exact) mass is 402 g/mol. The van der Waals surface area contributed by atoms with Gasteiger partial charge in [-0.15, -0.1) is 24.0 Å². The molecule has 0 unspecified atom stereocenters. The number of aryl methyl sites for hydroxylation is 1. The van der Waals surface area contributed by atoms with Gasteiger partial charge in [0.2, 0.25) is 0 Å². The fraction of sp³-hybridized carbons (Fsp3) is 0.625. The molecule has 1 aromatic rings. The lowest BCUT2D eigenvalue weighted by Gasteiger charge is -2.28. The number of aliphatic imine (C=N–C) groups is 1. The fourth-order valence-electron chi connectivity index (χ4n) is 2.66. The van der Waals surface area contributed by atoms with E-state index in [1.807, 2.05) is 32.2 Å². The van der Waals surface area contributed by atoms with Crippen molar-refractivity contribution in [3.8, 4) is 0 Å². The van der Waals surface area contributed by atoms with Gasteiger partial charge in [-0.2, -0.15) is 0 Å². The summed E-state index contributed by atoms with van der Waals surface area (Å²) in [4.78, 5) is 8.80. The second-order valence-corrected chi connectivity index (χ2v) is 5.80. The van der Waals surface area contributed by atoms with E-state index in [-0.39, 0.29) is 24.0 Å². The molecule has 21 heavy (non-hydrogen) atoms. The molecule has 0 aromatic carbocycles. The molecule has 5 heteroatoms. The third-order valence-electron chi connectivity index (χ3n) is 3.96. The van der Waals surface area contributed by atoms with Crippen LogP contribution in [-0.2, 0) is 6.54 Å². The summed E-state index contributed by atoms with van der Waals surface area (Å²) in [6.07, 6.45) is 5.11. The predicted molar refractivity (Wildman–Crippen MR) is 99.1 cm³/mol. The molecule has 1 aromatic heterocycles. The van der Waals surface area contributed by atoms with Crippen molar-refractivity contribution in [2.75, 3.05) is 7.05 Å². The maximum atomic E-state index is 4.49. The molecule has 0 amide bonds. The van der Waals surface area contributed by atoms with E-state index in [2.05, 4.69) is 27.5 Å². The Morgan fingerprint density at radius 2 is 2.00 bits per heavy atom. The molecule has 0 bridgehead atoms. The van der Waals surface area contributed by atoms with Crippen LogP contribution in [0.15, 0.2) is 23.2 Å². The second-order valence-electron chi connectivity index (χ2n) is 5.80. The van der Waals surface area contributed by atoms with Gasteiger partial charge in [-0.05, 0) is 50.7 Å². The molecule has 1 aliphatic rings. The minimum absolute atomic E-state index is 0. The molecule has 1 fully saturated rings. The first-order chi connectivity index (χ1) is 9.67. The molecule has 1 heterocycles. The zero-order chi connectivity index (χ0) is 14.4. The lowest BCUT2D eigenvalue weighted by atomic mass is 9.87. The third kappa shape index (κ3) is 6.20. The number of pyridine rings is 1. The largest absolute Gasteiger partial charge is 0.354 e. The normalized spacial score (nSPS) is 22.3. The highest BCUT2D eigenvalue weighted by molar-refractivity contribution is 14.0. The molecular formula is C16H27IN4. The van der Waals surface area contributed by atoms with Crippen molar-refractivity contribution in [3.05, 3.63) is 29.6 Å². The van der Waals surface area contributed by atoms with Gasteiger partial charge in [-0.25, -0.2) is 0 Å². The van der Waals surface area contributed by atoms with Gasteiger partial charge in [-0.3, -0.25) is 9.98 Å². The van der Waals surface area contributed by atoms with Crippen LogP contribution in [0.2, 0.25) is 0 Å². The summed E-state index contributed by atoms with van der Waals surface area (Å²) in [6.45, 7) is 5.07. The maximum absolute atomic E-state index is 4.49. The highest BCUT2D eigenvalue weighted by Crippen LogP contribution is 2.23. The lowest BCUT2D eigenvalue weighted by Crippen LogP contribution is -2.44. The fourth-order valence-corrected chi connectivity index (χ4v) is 2.66. The van der Waals surface area contributed by atoms with Crippen LogP contribution in [0.25, 0.3) is 0 Å². The average molecular weight is 402 g/mol. The second kappa shape index (κ2) is 9.23. The van der Waals surface area contributed by atoms with E-state index in [1.54, 1.807) is 0 Å². The Hall–Kier alpha value is -0.850. The van der Waals surface area contributed by atoms with E-state index < -0.39 is 0 Å². The van der Waals surface area contributed by atoms with Crippen molar-refractivity contribution in [1.29, 1.82) is 0 Å². The Balaban J connectivity index is 0.00000220. The van der Waals surface area contributed by atoms with Gasteiger partial charge in [0.15, 0.2) is 5.96 Å². The number of nitrogens with one attached hydrogen (secondary N) is 2. The number of rotatable bonds is 3. The number of hydrogen-bond acceptors (Lipinski definition) is 2. The van der Waals surface area contributed by atoms with Gasteiger partial charge < -0.3 is 10.6 Å². The molecular weight excluding hydrogens is 375 g/mol. The highest BCUT2D eigenvalue weighted by atomic mass is 127. The molecule has 0 radical (unpaired) electrons. The van der Waals surface area contributed by atoms with E-state index in [4.69, 9.17) is 0 Å². The van der Waals surface area contributed by atoms with Crippen molar-refractivity contribution < 1.29 is 0 Å². The van der Waals surface area contributed by atoms with Gasteiger partial charge in [0.25, 0.3) is 0 Å². The first-order valence-electron chi connectivity index (χ1n) is 7.57. The molecule has 0 spiro atoms. The van der Waals surface area contributed by atoms with E-state index in [1.165, 1.54) is 25.7 Å². The Morgan fingerprint density at radius 3 is 2.62 bits per heavy atom. The van der Waals surface area contributed by atoms with Gasteiger partial charge in [-0.1, -0.05) is 13.0 Å². The summed E-state index contributed by atoms with van der Waals surface area (Å²) in [5.41, 5.74) is 2.10. The molecule has 2 N–H and O–H groups in total. The van der Waals surface area contributed by atoms with Crippen molar-refractivity contribution in [3.63, 3.8) is 0 Å². The number of aromatic nitrogens is 1. The van der Waals surface area contributed by atoms with Gasteiger partial charge in [0.1, 0.15) is 0 Å². The molecule has 2 rings (SSSR count). The van der Waals surface area contributed by atoms with Gasteiger partial charge >= 0.3 is 0 Å². The molecule has 1 saturated carbocycles. The van der Waals surface area contributed by atoms with Crippen molar-refractivity contribution >= 4 is 29.9 Å². The molecule has 1 aliphatic carbocycles. The van der Waals surface area contributed by atoms with Crippen LogP contribution in [-0.4, -0.2) is 24.0 Å². The molecule has 0 saturated heterocycles. The van der Waals surface area contributed by atoms with Crippen molar-refractivity contribution in [2.24, 2.45) is 10.9 Å². The van der Waals surface area contributed by atoms with Crippen LogP contribution in [0.5, 0.6) is 0 Å². The smallest absolute Gasteiger partial charge is 0.191 e. The van der Waals surface area contributed by atoms with E-state index >= 15 is 0 Å². The van der Waals surface area contributed by atoms with Crippen molar-refractivity contribution in [2.45, 2.75) is 52.1 Å². The van der Waals surface area contributed by atoms with Crippen LogP contribution in [0.1, 0.15) is 44.0 Å².